The summed E-state index contributed by atoms with van der Waals surface area (Å²) in [7, 11) is 1.34. The van der Waals surface area contributed by atoms with Crippen molar-refractivity contribution in [2.75, 3.05) is 12.4 Å². The van der Waals surface area contributed by atoms with Gasteiger partial charge in [0.05, 0.1) is 25.4 Å². The van der Waals surface area contributed by atoms with E-state index in [1.165, 1.54) is 7.11 Å². The van der Waals surface area contributed by atoms with E-state index in [1.807, 2.05) is 42.5 Å². The summed E-state index contributed by atoms with van der Waals surface area (Å²) in [6.07, 6.45) is 0.502. The SMILES string of the molecule is COC(=O)Cc1ccc2c(c1)NC(=O)CCCCC(c1ccc(-c3cc(Cl)ccc3-n3cc(C(F)(F)F)nn3)cn1)c1cccc-2c1. The number of carbonyl (C=O) groups excluding carboxylic acids is 2. The van der Waals surface area contributed by atoms with E-state index in [-0.39, 0.29) is 24.2 Å². The van der Waals surface area contributed by atoms with Crippen LogP contribution in [0.15, 0.2) is 85.2 Å². The number of esters is 1. The highest BCUT2D eigenvalue weighted by molar-refractivity contribution is 6.31. The van der Waals surface area contributed by atoms with Crippen molar-refractivity contribution in [3.8, 4) is 27.9 Å². The highest BCUT2D eigenvalue weighted by atomic mass is 35.5. The molecule has 1 atom stereocenters. The van der Waals surface area contributed by atoms with Crippen LogP contribution in [0.5, 0.6) is 0 Å². The van der Waals surface area contributed by atoms with Gasteiger partial charge in [0.2, 0.25) is 5.91 Å². The fraction of sp³-hybridized carbons (Fsp3) is 0.229. The van der Waals surface area contributed by atoms with Crippen LogP contribution in [0.3, 0.4) is 0 Å². The van der Waals surface area contributed by atoms with Crippen LogP contribution in [0.4, 0.5) is 18.9 Å². The van der Waals surface area contributed by atoms with Gasteiger partial charge in [-0.3, -0.25) is 14.6 Å². The van der Waals surface area contributed by atoms with E-state index in [9.17, 15) is 22.8 Å². The molecule has 1 aliphatic rings. The molecule has 3 heterocycles. The summed E-state index contributed by atoms with van der Waals surface area (Å²) in [5, 5.41) is 10.4. The van der Waals surface area contributed by atoms with Gasteiger partial charge in [0.15, 0.2) is 5.69 Å². The van der Waals surface area contributed by atoms with E-state index < -0.39 is 11.9 Å². The number of benzene rings is 3. The number of halogens is 4. The van der Waals surface area contributed by atoms with Crippen molar-refractivity contribution in [2.24, 2.45) is 0 Å². The van der Waals surface area contributed by atoms with Crippen LogP contribution in [0.25, 0.3) is 27.9 Å². The van der Waals surface area contributed by atoms with E-state index in [1.54, 1.807) is 24.4 Å². The molecule has 240 valence electrons. The van der Waals surface area contributed by atoms with Gasteiger partial charge >= 0.3 is 12.1 Å². The molecule has 47 heavy (non-hydrogen) atoms. The average Bonchev–Trinajstić information content (AvgIpc) is 3.56. The topological polar surface area (TPSA) is 99.0 Å². The molecule has 12 heteroatoms. The van der Waals surface area contributed by atoms with E-state index in [4.69, 9.17) is 21.3 Å². The summed E-state index contributed by atoms with van der Waals surface area (Å²) in [5.74, 6) is -0.560. The van der Waals surface area contributed by atoms with Gasteiger partial charge in [-0.05, 0) is 59.9 Å². The quantitative estimate of drug-likeness (QED) is 0.192. The number of pyridine rings is 1. The van der Waals surface area contributed by atoms with Gasteiger partial charge in [0.1, 0.15) is 0 Å². The minimum atomic E-state index is -4.63. The van der Waals surface area contributed by atoms with Crippen molar-refractivity contribution >= 4 is 29.2 Å². The summed E-state index contributed by atoms with van der Waals surface area (Å²) >= 11 is 6.30. The summed E-state index contributed by atoms with van der Waals surface area (Å²) in [6, 6.07) is 22.2. The van der Waals surface area contributed by atoms with Crippen LogP contribution >= 0.6 is 11.6 Å². The Morgan fingerprint density at radius 2 is 1.87 bits per heavy atom. The van der Waals surface area contributed by atoms with Crippen LogP contribution in [-0.4, -0.2) is 39.0 Å². The van der Waals surface area contributed by atoms with Crippen molar-refractivity contribution in [2.45, 2.75) is 44.2 Å². The second-order valence-corrected chi connectivity index (χ2v) is 11.7. The summed E-state index contributed by atoms with van der Waals surface area (Å²) in [6.45, 7) is 0. The van der Waals surface area contributed by atoms with Crippen LogP contribution in [-0.2, 0) is 26.9 Å². The van der Waals surface area contributed by atoms with Gasteiger partial charge in [-0.1, -0.05) is 65.7 Å². The molecule has 0 saturated heterocycles. The van der Waals surface area contributed by atoms with Crippen molar-refractivity contribution < 1.29 is 27.5 Å². The minimum absolute atomic E-state index is 0.0861. The minimum Gasteiger partial charge on any atom is -0.469 e. The molecule has 0 spiro atoms. The van der Waals surface area contributed by atoms with Crippen LogP contribution in [0.2, 0.25) is 5.02 Å². The Morgan fingerprint density at radius 1 is 1.02 bits per heavy atom. The predicted molar refractivity (Wildman–Crippen MR) is 171 cm³/mol. The molecule has 5 aromatic rings. The molecule has 0 aliphatic carbocycles. The van der Waals surface area contributed by atoms with Crippen LogP contribution < -0.4 is 5.32 Å². The third kappa shape index (κ3) is 7.20. The molecule has 1 amide bonds. The molecule has 3 aromatic carbocycles. The predicted octanol–water partition coefficient (Wildman–Crippen LogP) is 8.03. The summed E-state index contributed by atoms with van der Waals surface area (Å²) in [5.41, 5.74) is 5.40. The monoisotopic (exact) mass is 659 g/mol. The number of anilines is 1. The summed E-state index contributed by atoms with van der Waals surface area (Å²) < 4.78 is 45.6. The number of carbonyl (C=O) groups is 2. The third-order valence-electron chi connectivity index (χ3n) is 8.12. The lowest BCUT2D eigenvalue weighted by Crippen LogP contribution is -2.14. The first-order valence-electron chi connectivity index (χ1n) is 14.9. The third-order valence-corrected chi connectivity index (χ3v) is 8.36. The second-order valence-electron chi connectivity index (χ2n) is 11.3. The molecule has 0 fully saturated rings. The van der Waals surface area contributed by atoms with Crippen LogP contribution in [0, 0.1) is 0 Å². The van der Waals surface area contributed by atoms with Crippen molar-refractivity contribution in [1.82, 2.24) is 20.0 Å². The first-order chi connectivity index (χ1) is 22.6. The molecule has 6 rings (SSSR count). The molecule has 1 aliphatic heterocycles. The first kappa shape index (κ1) is 31.9. The first-order valence-corrected chi connectivity index (χ1v) is 15.3. The average molecular weight is 660 g/mol. The van der Waals surface area contributed by atoms with E-state index >= 15 is 0 Å². The van der Waals surface area contributed by atoms with Gasteiger partial charge in [0, 0.05) is 51.6 Å². The Hall–Kier alpha value is -5.03. The lowest BCUT2D eigenvalue weighted by Gasteiger charge is -2.21. The standard InChI is InChI=1S/C35H29ClF3N5O3/c1-47-34(46)16-21-9-12-27-23-6-4-5-22(17-23)26(7-2-3-8-33(45)41-30(27)15-21)29-13-10-24(19-40-29)28-18-25(36)11-14-31(28)44-20-32(42-43-44)35(37,38)39/h4-6,9-15,17-20,26H,2-3,7-8,16H2,1H3,(H,41,45). The number of ether oxygens (including phenoxy) is 1. The zero-order valence-corrected chi connectivity index (χ0v) is 26.0. The van der Waals surface area contributed by atoms with E-state index in [0.717, 1.165) is 51.7 Å². The van der Waals surface area contributed by atoms with Crippen molar-refractivity contribution in [3.05, 3.63) is 113 Å². The number of amides is 1. The Bertz CT molecular complexity index is 1940. The number of methoxy groups -OCH3 is 1. The Morgan fingerprint density at radius 3 is 2.62 bits per heavy atom. The van der Waals surface area contributed by atoms with Crippen molar-refractivity contribution in [1.29, 1.82) is 0 Å². The Labute approximate surface area is 273 Å². The molecule has 0 radical (unpaired) electrons. The highest BCUT2D eigenvalue weighted by Gasteiger charge is 2.34. The van der Waals surface area contributed by atoms with E-state index in [0.29, 0.717) is 40.4 Å². The molecule has 1 unspecified atom stereocenters. The number of hydrogen-bond donors (Lipinski definition) is 1. The lowest BCUT2D eigenvalue weighted by atomic mass is 9.87. The molecule has 8 nitrogen and oxygen atoms in total. The number of nitrogens with one attached hydrogen (secondary N) is 1. The molecule has 2 aromatic heterocycles. The molecule has 0 saturated carbocycles. The van der Waals surface area contributed by atoms with E-state index in [2.05, 4.69) is 27.8 Å². The molecular formula is C35H29ClF3N5O3. The van der Waals surface area contributed by atoms with Gasteiger partial charge < -0.3 is 10.1 Å². The normalized spacial score (nSPS) is 15.2. The fourth-order valence-corrected chi connectivity index (χ4v) is 5.94. The number of rotatable bonds is 5. The number of nitrogens with zero attached hydrogens (tertiary/aromatic N) is 4. The maximum Gasteiger partial charge on any atom is 0.436 e. The lowest BCUT2D eigenvalue weighted by molar-refractivity contribution is -0.141. The number of fused-ring (bicyclic) bond motifs is 4. The molecule has 1 N–H and O–H groups in total. The fourth-order valence-electron chi connectivity index (χ4n) is 5.77. The maximum atomic E-state index is 13.2. The Balaban J connectivity index is 1.35. The number of alkyl halides is 3. The summed E-state index contributed by atoms with van der Waals surface area (Å²) in [4.78, 5) is 29.6. The van der Waals surface area contributed by atoms with Crippen molar-refractivity contribution in [3.63, 3.8) is 0 Å². The van der Waals surface area contributed by atoms with Gasteiger partial charge in [-0.15, -0.1) is 5.10 Å². The maximum absolute atomic E-state index is 13.2. The number of hydrogen-bond acceptors (Lipinski definition) is 6. The zero-order valence-electron chi connectivity index (χ0n) is 25.2. The zero-order chi connectivity index (χ0) is 33.1. The largest absolute Gasteiger partial charge is 0.469 e. The molecular weight excluding hydrogens is 631 g/mol. The second kappa shape index (κ2) is 13.4. The van der Waals surface area contributed by atoms with Crippen LogP contribution in [0.1, 0.15) is 54.1 Å². The highest BCUT2D eigenvalue weighted by Crippen LogP contribution is 2.37. The smallest absolute Gasteiger partial charge is 0.436 e. The Kier molecular flexibility index (Phi) is 9.08. The molecule has 2 bridgehead atoms. The number of aromatic nitrogens is 4. The van der Waals surface area contributed by atoms with Gasteiger partial charge in [0.25, 0.3) is 0 Å². The van der Waals surface area contributed by atoms with Gasteiger partial charge in [-0.25, -0.2) is 4.68 Å². The van der Waals surface area contributed by atoms with Gasteiger partial charge in [-0.2, -0.15) is 13.2 Å².